The number of aromatic nitrogens is 1. The SMILES string of the molecule is Cc1nc2ccccc2c(C)c1CC(=O)N1CC(=O)Nc2ccccc21. The molecule has 0 saturated heterocycles. The molecule has 2 aromatic carbocycles. The Morgan fingerprint density at radius 1 is 1.12 bits per heavy atom. The van der Waals surface area contributed by atoms with E-state index in [4.69, 9.17) is 0 Å². The Labute approximate surface area is 151 Å². The molecule has 26 heavy (non-hydrogen) atoms. The molecule has 3 aromatic rings. The van der Waals surface area contributed by atoms with Crippen LogP contribution in [0, 0.1) is 13.8 Å². The van der Waals surface area contributed by atoms with E-state index in [-0.39, 0.29) is 24.8 Å². The van der Waals surface area contributed by atoms with Crippen molar-refractivity contribution in [2.45, 2.75) is 20.3 Å². The molecule has 0 unspecified atom stereocenters. The van der Waals surface area contributed by atoms with Crippen LogP contribution in [0.1, 0.15) is 16.8 Å². The number of para-hydroxylation sites is 3. The van der Waals surface area contributed by atoms with E-state index >= 15 is 0 Å². The van der Waals surface area contributed by atoms with E-state index in [9.17, 15) is 9.59 Å². The standard InChI is InChI=1S/C21H19N3O2/c1-13-15-7-3-4-8-17(15)22-14(2)16(13)11-21(26)24-12-20(25)23-18-9-5-6-10-19(18)24/h3-10H,11-12H2,1-2H3,(H,23,25). The van der Waals surface area contributed by atoms with Crippen molar-refractivity contribution < 1.29 is 9.59 Å². The van der Waals surface area contributed by atoms with Crippen LogP contribution in [-0.2, 0) is 16.0 Å². The fourth-order valence-electron chi connectivity index (χ4n) is 3.53. The minimum atomic E-state index is -0.179. The van der Waals surface area contributed by atoms with Crippen LogP contribution >= 0.6 is 0 Å². The molecule has 2 amide bonds. The molecule has 1 N–H and O–H groups in total. The highest BCUT2D eigenvalue weighted by Gasteiger charge is 2.27. The Bertz CT molecular complexity index is 1040. The third kappa shape index (κ3) is 2.71. The molecule has 1 aliphatic heterocycles. The Morgan fingerprint density at radius 2 is 1.85 bits per heavy atom. The number of nitrogens with one attached hydrogen (secondary N) is 1. The maximum atomic E-state index is 13.0. The highest BCUT2D eigenvalue weighted by Crippen LogP contribution is 2.30. The summed E-state index contributed by atoms with van der Waals surface area (Å²) in [4.78, 5) is 31.2. The van der Waals surface area contributed by atoms with Gasteiger partial charge in [0.05, 0.1) is 23.3 Å². The summed E-state index contributed by atoms with van der Waals surface area (Å²) in [5, 5.41) is 3.86. The largest absolute Gasteiger partial charge is 0.323 e. The zero-order valence-corrected chi connectivity index (χ0v) is 14.7. The molecule has 130 valence electrons. The zero-order chi connectivity index (χ0) is 18.3. The molecule has 5 heteroatoms. The number of fused-ring (bicyclic) bond motifs is 2. The van der Waals surface area contributed by atoms with E-state index in [2.05, 4.69) is 10.3 Å². The number of benzene rings is 2. The second-order valence-electron chi connectivity index (χ2n) is 6.54. The van der Waals surface area contributed by atoms with Crippen LogP contribution in [0.15, 0.2) is 48.5 Å². The lowest BCUT2D eigenvalue weighted by Crippen LogP contribution is -2.43. The van der Waals surface area contributed by atoms with Crippen LogP contribution in [0.2, 0.25) is 0 Å². The van der Waals surface area contributed by atoms with Gasteiger partial charge < -0.3 is 10.2 Å². The molecule has 1 aromatic heterocycles. The number of pyridine rings is 1. The van der Waals surface area contributed by atoms with Gasteiger partial charge >= 0.3 is 0 Å². The number of hydrogen-bond donors (Lipinski definition) is 1. The first-order valence-electron chi connectivity index (χ1n) is 8.58. The summed E-state index contributed by atoms with van der Waals surface area (Å²) < 4.78 is 0. The molecular formula is C21H19N3O2. The molecule has 4 rings (SSSR count). The van der Waals surface area contributed by atoms with Crippen molar-refractivity contribution in [3.63, 3.8) is 0 Å². The zero-order valence-electron chi connectivity index (χ0n) is 14.7. The van der Waals surface area contributed by atoms with Crippen LogP contribution in [0.25, 0.3) is 10.9 Å². The summed E-state index contributed by atoms with van der Waals surface area (Å²) in [7, 11) is 0. The van der Waals surface area contributed by atoms with Crippen molar-refractivity contribution >= 4 is 34.1 Å². The number of anilines is 2. The maximum absolute atomic E-state index is 13.0. The number of aryl methyl sites for hydroxylation is 2. The van der Waals surface area contributed by atoms with Gasteiger partial charge in [-0.15, -0.1) is 0 Å². The molecule has 0 fully saturated rings. The highest BCUT2D eigenvalue weighted by molar-refractivity contribution is 6.10. The van der Waals surface area contributed by atoms with Gasteiger partial charge in [-0.3, -0.25) is 14.6 Å². The first-order chi connectivity index (χ1) is 12.5. The fraction of sp³-hybridized carbons (Fsp3) is 0.190. The van der Waals surface area contributed by atoms with Crippen molar-refractivity contribution in [2.24, 2.45) is 0 Å². The molecule has 2 heterocycles. The lowest BCUT2D eigenvalue weighted by atomic mass is 9.98. The van der Waals surface area contributed by atoms with Gasteiger partial charge in [-0.25, -0.2) is 0 Å². The molecular weight excluding hydrogens is 326 g/mol. The first kappa shape index (κ1) is 16.3. The third-order valence-electron chi connectivity index (χ3n) is 4.89. The second kappa shape index (κ2) is 6.26. The quantitative estimate of drug-likeness (QED) is 0.774. The number of nitrogens with zero attached hydrogens (tertiary/aromatic N) is 2. The monoisotopic (exact) mass is 345 g/mol. The molecule has 0 atom stereocenters. The minimum absolute atomic E-state index is 0.0367. The molecule has 1 aliphatic rings. The van der Waals surface area contributed by atoms with E-state index in [1.54, 1.807) is 11.0 Å². The van der Waals surface area contributed by atoms with Crippen molar-refractivity contribution in [1.29, 1.82) is 0 Å². The average molecular weight is 345 g/mol. The van der Waals surface area contributed by atoms with Crippen molar-refractivity contribution in [3.8, 4) is 0 Å². The summed E-state index contributed by atoms with van der Waals surface area (Å²) in [5.74, 6) is -0.280. The summed E-state index contributed by atoms with van der Waals surface area (Å²) >= 11 is 0. The molecule has 0 spiro atoms. The highest BCUT2D eigenvalue weighted by atomic mass is 16.2. The Morgan fingerprint density at radius 3 is 2.69 bits per heavy atom. The van der Waals surface area contributed by atoms with E-state index in [1.165, 1.54) is 0 Å². The van der Waals surface area contributed by atoms with Gasteiger partial charge in [0.25, 0.3) is 0 Å². The number of amides is 2. The average Bonchev–Trinajstić information content (AvgIpc) is 2.64. The van der Waals surface area contributed by atoms with Gasteiger partial charge in [0.1, 0.15) is 6.54 Å². The van der Waals surface area contributed by atoms with Gasteiger partial charge in [-0.05, 0) is 43.2 Å². The predicted octanol–water partition coefficient (Wildman–Crippen LogP) is 3.38. The van der Waals surface area contributed by atoms with Crippen molar-refractivity contribution in [3.05, 3.63) is 65.4 Å². The predicted molar refractivity (Wildman–Crippen MR) is 102 cm³/mol. The Hall–Kier alpha value is -3.21. The Balaban J connectivity index is 1.71. The smallest absolute Gasteiger partial charge is 0.244 e. The van der Waals surface area contributed by atoms with E-state index in [0.29, 0.717) is 5.69 Å². The topological polar surface area (TPSA) is 62.3 Å². The number of carbonyl (C=O) groups excluding carboxylic acids is 2. The van der Waals surface area contributed by atoms with Crippen LogP contribution < -0.4 is 10.2 Å². The molecule has 0 saturated carbocycles. The first-order valence-corrected chi connectivity index (χ1v) is 8.58. The summed E-state index contributed by atoms with van der Waals surface area (Å²) in [6.07, 6.45) is 0.219. The maximum Gasteiger partial charge on any atom is 0.244 e. The third-order valence-corrected chi connectivity index (χ3v) is 4.89. The van der Waals surface area contributed by atoms with Crippen LogP contribution in [0.5, 0.6) is 0 Å². The molecule has 0 aliphatic carbocycles. The van der Waals surface area contributed by atoms with Gasteiger partial charge in [0, 0.05) is 11.1 Å². The molecule has 5 nitrogen and oxygen atoms in total. The lowest BCUT2D eigenvalue weighted by Gasteiger charge is -2.29. The normalized spacial score (nSPS) is 13.5. The molecule has 0 radical (unpaired) electrons. The van der Waals surface area contributed by atoms with E-state index in [0.717, 1.165) is 33.4 Å². The van der Waals surface area contributed by atoms with Crippen molar-refractivity contribution in [2.75, 3.05) is 16.8 Å². The minimum Gasteiger partial charge on any atom is -0.323 e. The van der Waals surface area contributed by atoms with Crippen LogP contribution in [-0.4, -0.2) is 23.3 Å². The summed E-state index contributed by atoms with van der Waals surface area (Å²) in [6.45, 7) is 3.99. The second-order valence-corrected chi connectivity index (χ2v) is 6.54. The van der Waals surface area contributed by atoms with Crippen LogP contribution in [0.4, 0.5) is 11.4 Å². The lowest BCUT2D eigenvalue weighted by molar-refractivity contribution is -0.121. The van der Waals surface area contributed by atoms with Gasteiger partial charge in [0.2, 0.25) is 11.8 Å². The molecule has 0 bridgehead atoms. The number of rotatable bonds is 2. The van der Waals surface area contributed by atoms with E-state index in [1.807, 2.05) is 56.3 Å². The summed E-state index contributed by atoms with van der Waals surface area (Å²) in [5.41, 5.74) is 5.18. The van der Waals surface area contributed by atoms with Crippen LogP contribution in [0.3, 0.4) is 0 Å². The number of hydrogen-bond acceptors (Lipinski definition) is 3. The van der Waals surface area contributed by atoms with Crippen molar-refractivity contribution in [1.82, 2.24) is 4.98 Å². The van der Waals surface area contributed by atoms with Gasteiger partial charge in [-0.2, -0.15) is 0 Å². The van der Waals surface area contributed by atoms with Gasteiger partial charge in [0.15, 0.2) is 0 Å². The summed E-state index contributed by atoms with van der Waals surface area (Å²) in [6, 6.07) is 15.3. The Kier molecular flexibility index (Phi) is 3.92. The number of carbonyl (C=O) groups is 2. The van der Waals surface area contributed by atoms with Gasteiger partial charge in [-0.1, -0.05) is 30.3 Å². The van der Waals surface area contributed by atoms with E-state index < -0.39 is 0 Å². The fourth-order valence-corrected chi connectivity index (χ4v) is 3.53.